The van der Waals surface area contributed by atoms with Crippen molar-refractivity contribution in [3.8, 4) is 0 Å². The minimum atomic E-state index is -2.49. The van der Waals surface area contributed by atoms with Gasteiger partial charge in [0.25, 0.3) is 5.76 Å². The van der Waals surface area contributed by atoms with Gasteiger partial charge in [-0.2, -0.15) is 8.78 Å². The quantitative estimate of drug-likeness (QED) is 0.630. The van der Waals surface area contributed by atoms with Crippen LogP contribution in [-0.2, 0) is 0 Å². The molecule has 1 aromatic carbocycles. The number of nitrogens with two attached hydrogens (primary N) is 1. The van der Waals surface area contributed by atoms with E-state index < -0.39 is 5.76 Å². The molecule has 0 fully saturated rings. The van der Waals surface area contributed by atoms with Gasteiger partial charge in [0, 0.05) is 4.90 Å². The van der Waals surface area contributed by atoms with Gasteiger partial charge in [-0.3, -0.25) is 0 Å². The number of hydrogen-bond acceptors (Lipinski definition) is 2. The fourth-order valence-corrected chi connectivity index (χ4v) is 1.93. The predicted molar refractivity (Wildman–Crippen MR) is 52.7 cm³/mol. The Kier molecular flexibility index (Phi) is 3.64. The Balaban J connectivity index is 2.99. The molecule has 0 aliphatic heterocycles. The summed E-state index contributed by atoms with van der Waals surface area (Å²) in [6, 6.07) is 2.72. The highest BCUT2D eigenvalue weighted by Crippen LogP contribution is 2.35. The van der Waals surface area contributed by atoms with Crippen LogP contribution in [0.4, 0.5) is 14.5 Å². The molecule has 0 atom stereocenters. The van der Waals surface area contributed by atoms with Crippen LogP contribution < -0.4 is 5.73 Å². The number of alkyl halides is 2. The third kappa shape index (κ3) is 2.90. The van der Waals surface area contributed by atoms with Crippen molar-refractivity contribution in [1.82, 2.24) is 0 Å². The number of rotatable bonds is 2. The Bertz CT molecular complexity index is 296. The number of hydrogen-bond donors (Lipinski definition) is 1. The van der Waals surface area contributed by atoms with Gasteiger partial charge in [0.15, 0.2) is 0 Å². The van der Waals surface area contributed by atoms with Crippen molar-refractivity contribution in [1.29, 1.82) is 0 Å². The van der Waals surface area contributed by atoms with Crippen molar-refractivity contribution in [3.63, 3.8) is 0 Å². The van der Waals surface area contributed by atoms with E-state index in [4.69, 9.17) is 28.9 Å². The summed E-state index contributed by atoms with van der Waals surface area (Å²) in [4.78, 5) is 0.305. The lowest BCUT2D eigenvalue weighted by molar-refractivity contribution is 0.252. The largest absolute Gasteiger partial charge is 0.396 e. The smallest absolute Gasteiger partial charge is 0.288 e. The maximum absolute atomic E-state index is 11.9. The fourth-order valence-electron chi connectivity index (χ4n) is 0.732. The molecule has 13 heavy (non-hydrogen) atoms. The summed E-state index contributed by atoms with van der Waals surface area (Å²) in [5.41, 5.74) is 5.63. The lowest BCUT2D eigenvalue weighted by atomic mass is 10.3. The summed E-state index contributed by atoms with van der Waals surface area (Å²) in [5, 5.41) is 0.381. The molecule has 0 bridgehead atoms. The van der Waals surface area contributed by atoms with Crippen molar-refractivity contribution in [3.05, 3.63) is 22.2 Å². The second kappa shape index (κ2) is 4.35. The molecular weight excluding hydrogens is 239 g/mol. The SMILES string of the molecule is Nc1c(Cl)cc(SC(F)F)cc1Cl. The van der Waals surface area contributed by atoms with E-state index in [1.807, 2.05) is 0 Å². The van der Waals surface area contributed by atoms with E-state index in [1.54, 1.807) is 0 Å². The van der Waals surface area contributed by atoms with E-state index in [1.165, 1.54) is 12.1 Å². The van der Waals surface area contributed by atoms with Gasteiger partial charge in [0.05, 0.1) is 15.7 Å². The highest BCUT2D eigenvalue weighted by Gasteiger charge is 2.09. The first-order valence-corrected chi connectivity index (χ1v) is 4.83. The first-order valence-electron chi connectivity index (χ1n) is 3.20. The number of benzene rings is 1. The van der Waals surface area contributed by atoms with Crippen LogP contribution in [0.25, 0.3) is 0 Å². The molecule has 72 valence electrons. The van der Waals surface area contributed by atoms with Gasteiger partial charge >= 0.3 is 0 Å². The monoisotopic (exact) mass is 243 g/mol. The van der Waals surface area contributed by atoms with Gasteiger partial charge in [-0.1, -0.05) is 35.0 Å². The van der Waals surface area contributed by atoms with Crippen LogP contribution in [0.15, 0.2) is 17.0 Å². The molecule has 0 unspecified atom stereocenters. The molecule has 0 amide bonds. The molecule has 1 aromatic rings. The normalized spacial score (nSPS) is 10.8. The van der Waals surface area contributed by atoms with Crippen molar-refractivity contribution in [2.45, 2.75) is 10.7 Å². The van der Waals surface area contributed by atoms with Crippen LogP contribution >= 0.6 is 35.0 Å². The van der Waals surface area contributed by atoms with Gasteiger partial charge in [-0.15, -0.1) is 0 Å². The lowest BCUT2D eigenvalue weighted by Crippen LogP contribution is -1.89. The van der Waals surface area contributed by atoms with Crippen LogP contribution in [-0.4, -0.2) is 5.76 Å². The first-order chi connectivity index (χ1) is 6.00. The fraction of sp³-hybridized carbons (Fsp3) is 0.143. The molecule has 0 saturated carbocycles. The molecular formula is C7H5Cl2F2NS. The molecule has 1 nitrogen and oxygen atoms in total. The van der Waals surface area contributed by atoms with E-state index in [9.17, 15) is 8.78 Å². The average Bonchev–Trinajstić information content (AvgIpc) is 1.98. The molecule has 0 saturated heterocycles. The molecule has 0 aromatic heterocycles. The van der Waals surface area contributed by atoms with Crippen LogP contribution in [0.2, 0.25) is 10.0 Å². The Hall–Kier alpha value is -0.190. The van der Waals surface area contributed by atoms with Crippen molar-refractivity contribution < 1.29 is 8.78 Å². The van der Waals surface area contributed by atoms with E-state index >= 15 is 0 Å². The van der Waals surface area contributed by atoms with Gasteiger partial charge in [-0.05, 0) is 12.1 Å². The maximum Gasteiger partial charge on any atom is 0.288 e. The number of halogens is 4. The van der Waals surface area contributed by atoms with Crippen molar-refractivity contribution >= 4 is 40.7 Å². The maximum atomic E-state index is 11.9. The average molecular weight is 244 g/mol. The molecule has 0 heterocycles. The Morgan fingerprint density at radius 2 is 1.69 bits per heavy atom. The number of thioether (sulfide) groups is 1. The second-order valence-corrected chi connectivity index (χ2v) is 4.06. The predicted octanol–water partition coefficient (Wildman–Crippen LogP) is 3.89. The Morgan fingerprint density at radius 3 is 2.08 bits per heavy atom. The van der Waals surface area contributed by atoms with Gasteiger partial charge in [0.2, 0.25) is 0 Å². The molecule has 0 radical (unpaired) electrons. The van der Waals surface area contributed by atoms with E-state index in [2.05, 4.69) is 0 Å². The third-order valence-electron chi connectivity index (χ3n) is 1.28. The van der Waals surface area contributed by atoms with Crippen molar-refractivity contribution in [2.75, 3.05) is 5.73 Å². The number of anilines is 1. The van der Waals surface area contributed by atoms with E-state index in [0.717, 1.165) is 0 Å². The molecule has 1 rings (SSSR count). The summed E-state index contributed by atoms with van der Waals surface area (Å²) in [5.74, 6) is -2.49. The highest BCUT2D eigenvalue weighted by molar-refractivity contribution is 7.99. The summed E-state index contributed by atoms with van der Waals surface area (Å²) < 4.78 is 23.9. The molecule has 0 spiro atoms. The zero-order valence-electron chi connectivity index (χ0n) is 6.23. The zero-order valence-corrected chi connectivity index (χ0v) is 8.56. The van der Waals surface area contributed by atoms with Gasteiger partial charge < -0.3 is 5.73 Å². The molecule has 0 aliphatic carbocycles. The minimum Gasteiger partial charge on any atom is -0.396 e. The summed E-state index contributed by atoms with van der Waals surface area (Å²) in [6.07, 6.45) is 0. The lowest BCUT2D eigenvalue weighted by Gasteiger charge is -2.04. The van der Waals surface area contributed by atoms with Crippen molar-refractivity contribution in [2.24, 2.45) is 0 Å². The third-order valence-corrected chi connectivity index (χ3v) is 2.59. The summed E-state index contributed by atoms with van der Waals surface area (Å²) >= 11 is 11.6. The number of nitrogen functional groups attached to an aromatic ring is 1. The highest BCUT2D eigenvalue weighted by atomic mass is 35.5. The Labute approximate surface area is 88.2 Å². The Morgan fingerprint density at radius 1 is 1.23 bits per heavy atom. The molecule has 0 aliphatic rings. The van der Waals surface area contributed by atoms with Gasteiger partial charge in [0.1, 0.15) is 0 Å². The minimum absolute atomic E-state index is 0.190. The summed E-state index contributed by atoms with van der Waals surface area (Å²) in [6.45, 7) is 0. The second-order valence-electron chi connectivity index (χ2n) is 2.18. The van der Waals surface area contributed by atoms with E-state index in [-0.39, 0.29) is 15.7 Å². The van der Waals surface area contributed by atoms with Crippen LogP contribution in [0.1, 0.15) is 0 Å². The summed E-state index contributed by atoms with van der Waals surface area (Å²) in [7, 11) is 0. The molecule has 6 heteroatoms. The molecule has 2 N–H and O–H groups in total. The zero-order chi connectivity index (χ0) is 10.0. The standard InChI is InChI=1S/C7H5Cl2F2NS/c8-4-1-3(13-7(10)11)2-5(9)6(4)12/h1-2,7H,12H2. The topological polar surface area (TPSA) is 26.0 Å². The van der Waals surface area contributed by atoms with Gasteiger partial charge in [-0.25, -0.2) is 0 Å². The van der Waals surface area contributed by atoms with Crippen LogP contribution in [0.3, 0.4) is 0 Å². The first kappa shape index (κ1) is 10.9. The van der Waals surface area contributed by atoms with E-state index in [0.29, 0.717) is 16.7 Å². The van der Waals surface area contributed by atoms with Crippen LogP contribution in [0, 0.1) is 0 Å². The van der Waals surface area contributed by atoms with Crippen LogP contribution in [0.5, 0.6) is 0 Å².